The molecule has 1 unspecified atom stereocenters. The Bertz CT molecular complexity index is 1740. The van der Waals surface area contributed by atoms with Gasteiger partial charge in [-0.05, 0) is 73.5 Å². The molecule has 2 heterocycles. The van der Waals surface area contributed by atoms with Gasteiger partial charge < -0.3 is 5.11 Å². The molecule has 6 rings (SSSR count). The van der Waals surface area contributed by atoms with Crippen LogP contribution in [0.3, 0.4) is 0 Å². The van der Waals surface area contributed by atoms with Crippen LogP contribution >= 0.6 is 11.6 Å². The fourth-order valence-electron chi connectivity index (χ4n) is 5.43. The summed E-state index contributed by atoms with van der Waals surface area (Å²) in [7, 11) is 0. The van der Waals surface area contributed by atoms with Gasteiger partial charge in [0.2, 0.25) is 0 Å². The molecule has 0 saturated heterocycles. The van der Waals surface area contributed by atoms with Crippen molar-refractivity contribution in [1.29, 1.82) is 0 Å². The Labute approximate surface area is 224 Å². The molecule has 0 aromatic heterocycles. The highest BCUT2D eigenvalue weighted by Gasteiger charge is 2.41. The number of amides is 3. The van der Waals surface area contributed by atoms with Crippen molar-refractivity contribution < 1.29 is 32.7 Å². The van der Waals surface area contributed by atoms with Crippen molar-refractivity contribution in [2.45, 2.75) is 26.3 Å². The number of imide groups is 1. The molecular formula is C29H18ClF3N2O4. The van der Waals surface area contributed by atoms with E-state index in [2.05, 4.69) is 0 Å². The first-order chi connectivity index (χ1) is 18.4. The van der Waals surface area contributed by atoms with Crippen LogP contribution in [0.4, 0.5) is 24.5 Å². The van der Waals surface area contributed by atoms with E-state index in [1.807, 2.05) is 19.9 Å². The van der Waals surface area contributed by atoms with Gasteiger partial charge in [0.1, 0.15) is 0 Å². The van der Waals surface area contributed by atoms with Crippen LogP contribution in [0.1, 0.15) is 59.6 Å². The molecule has 0 fully saturated rings. The van der Waals surface area contributed by atoms with Gasteiger partial charge in [0, 0.05) is 43.7 Å². The van der Waals surface area contributed by atoms with Crippen LogP contribution in [0.15, 0.2) is 60.7 Å². The number of hydrogen-bond donors (Lipinski definition) is 1. The van der Waals surface area contributed by atoms with E-state index in [0.29, 0.717) is 5.69 Å². The Morgan fingerprint density at radius 2 is 1.31 bits per heavy atom. The van der Waals surface area contributed by atoms with E-state index in [9.17, 15) is 32.7 Å². The zero-order chi connectivity index (χ0) is 28.0. The quantitative estimate of drug-likeness (QED) is 0.286. The van der Waals surface area contributed by atoms with Crippen LogP contribution in [0.25, 0.3) is 10.8 Å². The first-order valence-corrected chi connectivity index (χ1v) is 12.2. The number of halogens is 4. The van der Waals surface area contributed by atoms with Gasteiger partial charge in [-0.25, -0.2) is 4.90 Å². The van der Waals surface area contributed by atoms with Crippen molar-refractivity contribution >= 4 is 51.5 Å². The van der Waals surface area contributed by atoms with Crippen molar-refractivity contribution in [3.05, 3.63) is 105 Å². The lowest BCUT2D eigenvalue weighted by molar-refractivity contribution is -0.137. The van der Waals surface area contributed by atoms with E-state index in [0.717, 1.165) is 39.1 Å². The smallest absolute Gasteiger partial charge is 0.369 e. The third-order valence-electron chi connectivity index (χ3n) is 6.98. The molecule has 1 atom stereocenters. The molecule has 1 N–H and O–H groups in total. The molecule has 10 heteroatoms. The summed E-state index contributed by atoms with van der Waals surface area (Å²) in [4.78, 5) is 42.7. The van der Waals surface area contributed by atoms with Gasteiger partial charge in [-0.3, -0.25) is 19.3 Å². The summed E-state index contributed by atoms with van der Waals surface area (Å²) in [5.74, 6) is -1.98. The minimum atomic E-state index is -4.73. The zero-order valence-corrected chi connectivity index (χ0v) is 21.2. The summed E-state index contributed by atoms with van der Waals surface area (Å²) < 4.78 is 40.3. The SMILES string of the molecule is Cc1cc(C)cc(N2C(=O)c3ccc4c5c(ccc(c35)C2=O)C(O)N(c2cc(Cl)cc(C(F)(F)F)c2)C4=O)c1. The fraction of sp³-hybridized carbons (Fsp3) is 0.138. The Kier molecular flexibility index (Phi) is 5.40. The van der Waals surface area contributed by atoms with Crippen LogP contribution in [-0.2, 0) is 6.18 Å². The van der Waals surface area contributed by atoms with Gasteiger partial charge in [-0.1, -0.05) is 23.7 Å². The number of aryl methyl sites for hydroxylation is 2. The number of anilines is 2. The van der Waals surface area contributed by atoms with Gasteiger partial charge in [0.25, 0.3) is 17.7 Å². The van der Waals surface area contributed by atoms with Crippen LogP contribution < -0.4 is 9.80 Å². The van der Waals surface area contributed by atoms with Crippen molar-refractivity contribution in [3.63, 3.8) is 0 Å². The zero-order valence-electron chi connectivity index (χ0n) is 20.4. The highest BCUT2D eigenvalue weighted by atomic mass is 35.5. The molecule has 0 bridgehead atoms. The van der Waals surface area contributed by atoms with E-state index in [1.54, 1.807) is 12.1 Å². The Morgan fingerprint density at radius 1 is 0.744 bits per heavy atom. The molecule has 0 aliphatic carbocycles. The number of aliphatic hydroxyl groups is 1. The maximum atomic E-state index is 13.6. The number of benzene rings is 4. The fourth-order valence-corrected chi connectivity index (χ4v) is 5.66. The van der Waals surface area contributed by atoms with E-state index < -0.39 is 35.7 Å². The third kappa shape index (κ3) is 3.72. The number of alkyl halides is 3. The third-order valence-corrected chi connectivity index (χ3v) is 7.20. The molecule has 3 amide bonds. The predicted octanol–water partition coefficient (Wildman–Crippen LogP) is 6.58. The molecule has 2 aliphatic heterocycles. The Hall–Kier alpha value is -4.21. The normalized spacial score (nSPS) is 16.9. The molecule has 0 spiro atoms. The van der Waals surface area contributed by atoms with E-state index >= 15 is 0 Å². The second-order valence-electron chi connectivity index (χ2n) is 9.65. The van der Waals surface area contributed by atoms with E-state index in [1.165, 1.54) is 24.3 Å². The van der Waals surface area contributed by atoms with E-state index in [4.69, 9.17) is 11.6 Å². The maximum absolute atomic E-state index is 13.6. The predicted molar refractivity (Wildman–Crippen MR) is 139 cm³/mol. The van der Waals surface area contributed by atoms with Gasteiger partial charge >= 0.3 is 6.18 Å². The van der Waals surface area contributed by atoms with Crippen molar-refractivity contribution in [3.8, 4) is 0 Å². The number of nitrogens with zero attached hydrogens (tertiary/aromatic N) is 2. The summed E-state index contributed by atoms with van der Waals surface area (Å²) in [6.07, 6.45) is -6.43. The monoisotopic (exact) mass is 550 g/mol. The molecular weight excluding hydrogens is 533 g/mol. The van der Waals surface area contributed by atoms with Crippen LogP contribution in [0, 0.1) is 13.8 Å². The van der Waals surface area contributed by atoms with Crippen molar-refractivity contribution in [1.82, 2.24) is 0 Å². The van der Waals surface area contributed by atoms with Crippen LogP contribution in [-0.4, -0.2) is 22.8 Å². The first kappa shape index (κ1) is 25.1. The summed E-state index contributed by atoms with van der Waals surface area (Å²) >= 11 is 5.94. The average Bonchev–Trinajstić information content (AvgIpc) is 2.85. The number of rotatable bonds is 2. The molecule has 39 heavy (non-hydrogen) atoms. The topological polar surface area (TPSA) is 77.9 Å². The van der Waals surface area contributed by atoms with Gasteiger partial charge in [-0.15, -0.1) is 0 Å². The summed E-state index contributed by atoms with van der Waals surface area (Å²) in [6, 6.07) is 13.7. The average molecular weight is 551 g/mol. The standard InChI is InChI=1S/C29H18ClF3N2O4/c1-13-7-14(2)9-17(8-13)34-25(36)19-3-5-21-24-22(6-4-20(23(19)24)26(34)37)28(39)35(27(21)38)18-11-15(29(31,32)33)10-16(30)12-18/h3-12,27,38H,1-2H3. The lowest BCUT2D eigenvalue weighted by Gasteiger charge is -2.36. The Morgan fingerprint density at radius 3 is 1.90 bits per heavy atom. The van der Waals surface area contributed by atoms with Gasteiger partial charge in [0.05, 0.1) is 11.3 Å². The molecule has 2 aliphatic rings. The maximum Gasteiger partial charge on any atom is 0.416 e. The second kappa shape index (κ2) is 8.39. The Balaban J connectivity index is 1.52. The molecule has 4 aromatic rings. The van der Waals surface area contributed by atoms with E-state index in [-0.39, 0.29) is 43.7 Å². The van der Waals surface area contributed by atoms with Crippen molar-refractivity contribution in [2.75, 3.05) is 9.80 Å². The second-order valence-corrected chi connectivity index (χ2v) is 10.1. The number of carbonyl (C=O) groups excluding carboxylic acids is 3. The lowest BCUT2D eigenvalue weighted by Crippen LogP contribution is -2.42. The van der Waals surface area contributed by atoms with Crippen LogP contribution in [0.2, 0.25) is 5.02 Å². The van der Waals surface area contributed by atoms with Gasteiger partial charge in [-0.2, -0.15) is 13.2 Å². The molecule has 196 valence electrons. The largest absolute Gasteiger partial charge is 0.416 e. The molecule has 6 nitrogen and oxygen atoms in total. The number of carbonyl (C=O) groups is 3. The minimum Gasteiger partial charge on any atom is -0.369 e. The summed E-state index contributed by atoms with van der Waals surface area (Å²) in [5.41, 5.74) is 1.34. The first-order valence-electron chi connectivity index (χ1n) is 11.8. The van der Waals surface area contributed by atoms with Crippen molar-refractivity contribution in [2.24, 2.45) is 0 Å². The minimum absolute atomic E-state index is 0.0323. The highest BCUT2D eigenvalue weighted by molar-refractivity contribution is 6.37. The number of aliphatic hydroxyl groups excluding tert-OH is 1. The lowest BCUT2D eigenvalue weighted by atomic mass is 9.85. The summed E-state index contributed by atoms with van der Waals surface area (Å²) in [5, 5.41) is 11.4. The van der Waals surface area contributed by atoms with Crippen LogP contribution in [0.5, 0.6) is 0 Å². The highest BCUT2D eigenvalue weighted by Crippen LogP contribution is 2.44. The molecule has 4 aromatic carbocycles. The number of hydrogen-bond acceptors (Lipinski definition) is 4. The molecule has 0 saturated carbocycles. The molecule has 0 radical (unpaired) electrons. The van der Waals surface area contributed by atoms with Gasteiger partial charge in [0.15, 0.2) is 6.23 Å². The summed E-state index contributed by atoms with van der Waals surface area (Å²) in [6.45, 7) is 3.70.